The molecule has 2 aromatic rings. The summed E-state index contributed by atoms with van der Waals surface area (Å²) >= 11 is 0. The summed E-state index contributed by atoms with van der Waals surface area (Å²) in [4.78, 5) is 11.7. The fourth-order valence-corrected chi connectivity index (χ4v) is 1.53. The summed E-state index contributed by atoms with van der Waals surface area (Å²) in [7, 11) is 0. The van der Waals surface area contributed by atoms with Gasteiger partial charge in [-0.3, -0.25) is 0 Å². The van der Waals surface area contributed by atoms with Gasteiger partial charge in [-0.05, 0) is 30.7 Å². The van der Waals surface area contributed by atoms with Crippen LogP contribution in [0.2, 0.25) is 0 Å². The third-order valence-corrected chi connectivity index (χ3v) is 2.49. The maximum Gasteiger partial charge on any atom is 0.349 e. The van der Waals surface area contributed by atoms with Crippen LogP contribution in [0.3, 0.4) is 0 Å². The molecule has 2 aromatic carbocycles. The Morgan fingerprint density at radius 1 is 1.11 bits per heavy atom. The van der Waals surface area contributed by atoms with Gasteiger partial charge in [-0.25, -0.2) is 18.0 Å². The highest BCUT2D eigenvalue weighted by Gasteiger charge is 2.21. The van der Waals surface area contributed by atoms with Crippen LogP contribution >= 0.6 is 0 Å². The monoisotopic (exact) mass is 266 g/mol. The lowest BCUT2D eigenvalue weighted by Crippen LogP contribution is -2.14. The van der Waals surface area contributed by atoms with Crippen molar-refractivity contribution in [2.24, 2.45) is 0 Å². The van der Waals surface area contributed by atoms with Gasteiger partial charge in [0.15, 0.2) is 0 Å². The molecule has 19 heavy (non-hydrogen) atoms. The highest BCUT2D eigenvalue weighted by atomic mass is 19.1. The van der Waals surface area contributed by atoms with Gasteiger partial charge < -0.3 is 4.74 Å². The molecule has 0 heterocycles. The summed E-state index contributed by atoms with van der Waals surface area (Å²) in [5, 5.41) is 0. The quantitative estimate of drug-likeness (QED) is 0.613. The van der Waals surface area contributed by atoms with E-state index in [2.05, 4.69) is 0 Å². The zero-order chi connectivity index (χ0) is 14.0. The molecule has 0 radical (unpaired) electrons. The molecular weight excluding hydrogens is 257 g/mol. The van der Waals surface area contributed by atoms with Crippen LogP contribution in [-0.2, 0) is 0 Å². The Bertz CT molecular complexity index is 639. The molecule has 0 bridgehead atoms. The lowest BCUT2D eigenvalue weighted by molar-refractivity contribution is 0.0724. The number of hydrogen-bond acceptors (Lipinski definition) is 2. The molecule has 0 aromatic heterocycles. The van der Waals surface area contributed by atoms with Crippen LogP contribution in [0.4, 0.5) is 13.2 Å². The normalized spacial score (nSPS) is 10.3. The van der Waals surface area contributed by atoms with E-state index in [4.69, 9.17) is 4.74 Å². The summed E-state index contributed by atoms with van der Waals surface area (Å²) in [5.41, 5.74) is -0.670. The van der Waals surface area contributed by atoms with E-state index in [0.29, 0.717) is 0 Å². The number of esters is 1. The Morgan fingerprint density at radius 2 is 1.84 bits per heavy atom. The molecule has 2 nitrogen and oxygen atoms in total. The first-order valence-corrected chi connectivity index (χ1v) is 5.41. The summed E-state index contributed by atoms with van der Waals surface area (Å²) in [5.74, 6) is -3.95. The minimum absolute atomic E-state index is 0.118. The van der Waals surface area contributed by atoms with Crippen molar-refractivity contribution in [3.8, 4) is 5.75 Å². The van der Waals surface area contributed by atoms with E-state index in [9.17, 15) is 18.0 Å². The molecular formula is C14H9F3O2. The minimum atomic E-state index is -1.20. The van der Waals surface area contributed by atoms with Crippen LogP contribution in [0, 0.1) is 24.4 Å². The van der Waals surface area contributed by atoms with Gasteiger partial charge in [-0.2, -0.15) is 0 Å². The Hall–Kier alpha value is -2.30. The molecule has 0 aliphatic rings. The van der Waals surface area contributed by atoms with Crippen molar-refractivity contribution in [3.63, 3.8) is 0 Å². The number of aryl methyl sites for hydroxylation is 1. The molecule has 98 valence electrons. The van der Waals surface area contributed by atoms with E-state index >= 15 is 0 Å². The summed E-state index contributed by atoms with van der Waals surface area (Å²) in [6.07, 6.45) is 0. The Balaban J connectivity index is 2.33. The van der Waals surface area contributed by atoms with Crippen LogP contribution in [0.25, 0.3) is 0 Å². The molecule has 0 spiro atoms. The standard InChI is InChI=1S/C14H9F3O2/c1-8-5-6-11(16)12(13(8)17)14(18)19-10-4-2-3-9(15)7-10/h2-7H,1H3. The first kappa shape index (κ1) is 13.1. The average molecular weight is 266 g/mol. The SMILES string of the molecule is Cc1ccc(F)c(C(=O)Oc2cccc(F)c2)c1F. The first-order valence-electron chi connectivity index (χ1n) is 5.41. The summed E-state index contributed by atoms with van der Waals surface area (Å²) in [6.45, 7) is 1.40. The van der Waals surface area contributed by atoms with Crippen molar-refractivity contribution in [2.75, 3.05) is 0 Å². The van der Waals surface area contributed by atoms with Crippen LogP contribution in [0.1, 0.15) is 15.9 Å². The van der Waals surface area contributed by atoms with Gasteiger partial charge >= 0.3 is 5.97 Å². The maximum absolute atomic E-state index is 13.7. The number of carbonyl (C=O) groups is 1. The van der Waals surface area contributed by atoms with E-state index in [1.54, 1.807) is 0 Å². The van der Waals surface area contributed by atoms with Crippen molar-refractivity contribution in [1.29, 1.82) is 0 Å². The summed E-state index contributed by atoms with van der Waals surface area (Å²) in [6, 6.07) is 6.92. The number of benzene rings is 2. The third-order valence-electron chi connectivity index (χ3n) is 2.49. The van der Waals surface area contributed by atoms with Gasteiger partial charge in [0.05, 0.1) is 0 Å². The van der Waals surface area contributed by atoms with Crippen LogP contribution in [-0.4, -0.2) is 5.97 Å². The van der Waals surface area contributed by atoms with Gasteiger partial charge in [-0.1, -0.05) is 12.1 Å². The van der Waals surface area contributed by atoms with Crippen molar-refractivity contribution >= 4 is 5.97 Å². The fraction of sp³-hybridized carbons (Fsp3) is 0.0714. The molecule has 0 fully saturated rings. The van der Waals surface area contributed by atoms with Crippen LogP contribution in [0.15, 0.2) is 36.4 Å². The lowest BCUT2D eigenvalue weighted by Gasteiger charge is -2.07. The molecule has 0 saturated carbocycles. The lowest BCUT2D eigenvalue weighted by atomic mass is 10.1. The molecule has 0 amide bonds. The zero-order valence-electron chi connectivity index (χ0n) is 9.91. The van der Waals surface area contributed by atoms with Crippen molar-refractivity contribution in [1.82, 2.24) is 0 Å². The van der Waals surface area contributed by atoms with E-state index in [1.807, 2.05) is 0 Å². The van der Waals surface area contributed by atoms with Gasteiger partial charge in [-0.15, -0.1) is 0 Å². The smallest absolute Gasteiger partial charge is 0.349 e. The van der Waals surface area contributed by atoms with Gasteiger partial charge in [0, 0.05) is 6.07 Å². The summed E-state index contributed by atoms with van der Waals surface area (Å²) < 4.78 is 44.8. The second-order valence-corrected chi connectivity index (χ2v) is 3.90. The topological polar surface area (TPSA) is 26.3 Å². The van der Waals surface area contributed by atoms with Gasteiger partial charge in [0.1, 0.15) is 28.8 Å². The van der Waals surface area contributed by atoms with Crippen LogP contribution < -0.4 is 4.74 Å². The van der Waals surface area contributed by atoms with E-state index in [0.717, 1.165) is 18.2 Å². The Morgan fingerprint density at radius 3 is 2.53 bits per heavy atom. The van der Waals surface area contributed by atoms with E-state index in [1.165, 1.54) is 25.1 Å². The molecule has 0 atom stereocenters. The highest BCUT2D eigenvalue weighted by molar-refractivity contribution is 5.91. The third kappa shape index (κ3) is 2.76. The second kappa shape index (κ2) is 5.14. The minimum Gasteiger partial charge on any atom is -0.423 e. The number of ether oxygens (including phenoxy) is 1. The molecule has 2 rings (SSSR count). The number of carbonyl (C=O) groups excluding carboxylic acids is 1. The Kier molecular flexibility index (Phi) is 3.55. The molecule has 0 saturated heterocycles. The van der Waals surface area contributed by atoms with Crippen molar-refractivity contribution in [2.45, 2.75) is 6.92 Å². The second-order valence-electron chi connectivity index (χ2n) is 3.90. The molecule has 0 aliphatic carbocycles. The fourth-order valence-electron chi connectivity index (χ4n) is 1.53. The van der Waals surface area contributed by atoms with Crippen LogP contribution in [0.5, 0.6) is 5.75 Å². The van der Waals surface area contributed by atoms with Gasteiger partial charge in [0.2, 0.25) is 0 Å². The van der Waals surface area contributed by atoms with E-state index < -0.39 is 29.0 Å². The highest BCUT2D eigenvalue weighted by Crippen LogP contribution is 2.20. The molecule has 5 heteroatoms. The largest absolute Gasteiger partial charge is 0.423 e. The average Bonchev–Trinajstić information content (AvgIpc) is 2.34. The van der Waals surface area contributed by atoms with Gasteiger partial charge in [0.25, 0.3) is 0 Å². The number of hydrogen-bond donors (Lipinski definition) is 0. The van der Waals surface area contributed by atoms with Crippen molar-refractivity contribution < 1.29 is 22.7 Å². The first-order chi connectivity index (χ1) is 8.99. The molecule has 0 N–H and O–H groups in total. The molecule has 0 unspecified atom stereocenters. The number of rotatable bonds is 2. The van der Waals surface area contributed by atoms with E-state index in [-0.39, 0.29) is 11.3 Å². The zero-order valence-corrected chi connectivity index (χ0v) is 9.91. The predicted molar refractivity (Wildman–Crippen MR) is 62.5 cm³/mol. The predicted octanol–water partition coefficient (Wildman–Crippen LogP) is 3.63. The number of halogens is 3. The Labute approximate surface area is 107 Å². The maximum atomic E-state index is 13.7. The molecule has 0 aliphatic heterocycles. The van der Waals surface area contributed by atoms with Crippen molar-refractivity contribution in [3.05, 3.63) is 65.0 Å².